The van der Waals surface area contributed by atoms with E-state index in [2.05, 4.69) is 4.98 Å². The highest BCUT2D eigenvalue weighted by Gasteiger charge is 2.30. The Morgan fingerprint density at radius 2 is 1.96 bits per heavy atom. The van der Waals surface area contributed by atoms with Crippen molar-refractivity contribution in [3.05, 3.63) is 65.7 Å². The van der Waals surface area contributed by atoms with Gasteiger partial charge in [0.15, 0.2) is 0 Å². The third-order valence-electron chi connectivity index (χ3n) is 4.95. The zero-order valence-corrected chi connectivity index (χ0v) is 15.5. The van der Waals surface area contributed by atoms with E-state index in [-0.39, 0.29) is 23.5 Å². The molecule has 0 bridgehead atoms. The first-order valence-corrected chi connectivity index (χ1v) is 9.20. The first-order chi connectivity index (χ1) is 13.0. The lowest BCUT2D eigenvalue weighted by Gasteiger charge is -2.23. The van der Waals surface area contributed by atoms with Crippen molar-refractivity contribution < 1.29 is 14.0 Å². The summed E-state index contributed by atoms with van der Waals surface area (Å²) in [4.78, 5) is 33.1. The molecule has 142 valence electrons. The topological polar surface area (TPSA) is 53.5 Å². The number of likely N-dealkylation sites (N-methyl/N-ethyl adjacent to an activating group) is 1. The van der Waals surface area contributed by atoms with Crippen LogP contribution in [-0.2, 0) is 22.4 Å². The van der Waals surface area contributed by atoms with Crippen molar-refractivity contribution in [2.24, 2.45) is 5.92 Å². The van der Waals surface area contributed by atoms with Crippen molar-refractivity contribution in [1.82, 2.24) is 14.8 Å². The molecule has 1 saturated heterocycles. The van der Waals surface area contributed by atoms with E-state index in [9.17, 15) is 14.0 Å². The number of rotatable bonds is 5. The second-order valence-electron chi connectivity index (χ2n) is 6.95. The van der Waals surface area contributed by atoms with Gasteiger partial charge in [0, 0.05) is 51.4 Å². The number of carbonyl (C=O) groups excluding carboxylic acids is 2. The number of hydrogen-bond donors (Lipinski definition) is 0. The Hall–Kier alpha value is -2.76. The van der Waals surface area contributed by atoms with Gasteiger partial charge in [0.2, 0.25) is 11.8 Å². The number of pyridine rings is 1. The smallest absolute Gasteiger partial charge is 0.227 e. The van der Waals surface area contributed by atoms with Crippen molar-refractivity contribution in [2.45, 2.75) is 19.3 Å². The lowest BCUT2D eigenvalue weighted by Crippen LogP contribution is -2.37. The fourth-order valence-corrected chi connectivity index (χ4v) is 3.34. The highest BCUT2D eigenvalue weighted by molar-refractivity contribution is 5.82. The normalized spacial score (nSPS) is 17.7. The summed E-state index contributed by atoms with van der Waals surface area (Å²) in [5.74, 6) is -0.499. The SMILES string of the molecule is CN1CCN(C(=O)CCc2ccc(F)cc2)C[C@H](Cc2ccccn2)C1=O. The van der Waals surface area contributed by atoms with Gasteiger partial charge in [0.25, 0.3) is 0 Å². The number of carbonyl (C=O) groups is 2. The summed E-state index contributed by atoms with van der Waals surface area (Å²) in [6.07, 6.45) is 3.14. The second-order valence-corrected chi connectivity index (χ2v) is 6.95. The molecule has 27 heavy (non-hydrogen) atoms. The summed E-state index contributed by atoms with van der Waals surface area (Å²) in [5, 5.41) is 0. The van der Waals surface area contributed by atoms with Crippen LogP contribution in [0.15, 0.2) is 48.7 Å². The maximum Gasteiger partial charge on any atom is 0.227 e. The summed E-state index contributed by atoms with van der Waals surface area (Å²) >= 11 is 0. The van der Waals surface area contributed by atoms with Gasteiger partial charge in [-0.05, 0) is 36.2 Å². The van der Waals surface area contributed by atoms with Crippen LogP contribution >= 0.6 is 0 Å². The van der Waals surface area contributed by atoms with E-state index in [4.69, 9.17) is 0 Å². The molecule has 3 rings (SSSR count). The Bertz CT molecular complexity index is 780. The van der Waals surface area contributed by atoms with Crippen LogP contribution in [0.5, 0.6) is 0 Å². The Balaban J connectivity index is 1.64. The summed E-state index contributed by atoms with van der Waals surface area (Å²) < 4.78 is 13.0. The van der Waals surface area contributed by atoms with Crippen LogP contribution in [0.25, 0.3) is 0 Å². The number of nitrogens with zero attached hydrogens (tertiary/aromatic N) is 3. The van der Waals surface area contributed by atoms with Gasteiger partial charge in [0.1, 0.15) is 5.82 Å². The minimum atomic E-state index is -0.290. The highest BCUT2D eigenvalue weighted by atomic mass is 19.1. The molecule has 0 spiro atoms. The Kier molecular flexibility index (Phi) is 6.16. The zero-order chi connectivity index (χ0) is 19.2. The monoisotopic (exact) mass is 369 g/mol. The number of aryl methyl sites for hydroxylation is 1. The molecule has 1 aromatic heterocycles. The van der Waals surface area contributed by atoms with Gasteiger partial charge < -0.3 is 9.80 Å². The Labute approximate surface area is 158 Å². The number of amides is 2. The highest BCUT2D eigenvalue weighted by Crippen LogP contribution is 2.16. The molecule has 2 amide bonds. The van der Waals surface area contributed by atoms with Gasteiger partial charge in [-0.2, -0.15) is 0 Å². The standard InChI is InChI=1S/C21H24FN3O2/c1-24-12-13-25(20(26)10-7-16-5-8-18(22)9-6-16)15-17(21(24)27)14-19-4-2-3-11-23-19/h2-6,8-9,11,17H,7,10,12-15H2,1H3/t17-/m0/s1. The van der Waals surface area contributed by atoms with E-state index in [1.54, 1.807) is 35.2 Å². The van der Waals surface area contributed by atoms with E-state index < -0.39 is 0 Å². The average molecular weight is 369 g/mol. The molecule has 5 nitrogen and oxygen atoms in total. The lowest BCUT2D eigenvalue weighted by molar-refractivity contribution is -0.134. The first-order valence-electron chi connectivity index (χ1n) is 9.20. The molecule has 1 aliphatic rings. The molecular weight excluding hydrogens is 345 g/mol. The summed E-state index contributed by atoms with van der Waals surface area (Å²) in [6, 6.07) is 11.9. The van der Waals surface area contributed by atoms with Gasteiger partial charge in [-0.25, -0.2) is 4.39 Å². The summed E-state index contributed by atoms with van der Waals surface area (Å²) in [7, 11) is 1.78. The predicted octanol–water partition coefficient (Wildman–Crippen LogP) is 2.31. The van der Waals surface area contributed by atoms with Crippen LogP contribution < -0.4 is 0 Å². The molecule has 6 heteroatoms. The van der Waals surface area contributed by atoms with Crippen molar-refractivity contribution in [3.63, 3.8) is 0 Å². The van der Waals surface area contributed by atoms with Gasteiger partial charge in [-0.1, -0.05) is 18.2 Å². The fraction of sp³-hybridized carbons (Fsp3) is 0.381. The molecule has 0 unspecified atom stereocenters. The van der Waals surface area contributed by atoms with Crippen LogP contribution in [0.3, 0.4) is 0 Å². The summed E-state index contributed by atoms with van der Waals surface area (Å²) in [6.45, 7) is 1.46. The molecule has 1 fully saturated rings. The largest absolute Gasteiger partial charge is 0.344 e. The molecule has 0 radical (unpaired) electrons. The van der Waals surface area contributed by atoms with E-state index in [1.807, 2.05) is 18.2 Å². The van der Waals surface area contributed by atoms with Crippen LogP contribution in [0, 0.1) is 11.7 Å². The van der Waals surface area contributed by atoms with Gasteiger partial charge in [0.05, 0.1) is 5.92 Å². The van der Waals surface area contributed by atoms with Gasteiger partial charge >= 0.3 is 0 Å². The third kappa shape index (κ3) is 5.12. The number of aromatic nitrogens is 1. The molecule has 0 N–H and O–H groups in total. The van der Waals surface area contributed by atoms with Crippen LogP contribution in [0.2, 0.25) is 0 Å². The van der Waals surface area contributed by atoms with E-state index in [0.717, 1.165) is 11.3 Å². The number of halogens is 1. The molecular formula is C21H24FN3O2. The van der Waals surface area contributed by atoms with Crippen molar-refractivity contribution >= 4 is 11.8 Å². The van der Waals surface area contributed by atoms with Crippen molar-refractivity contribution in [3.8, 4) is 0 Å². The molecule has 1 atom stereocenters. The Morgan fingerprint density at radius 1 is 1.19 bits per heavy atom. The fourth-order valence-electron chi connectivity index (χ4n) is 3.34. The predicted molar refractivity (Wildman–Crippen MR) is 100 cm³/mol. The van der Waals surface area contributed by atoms with E-state index in [0.29, 0.717) is 38.9 Å². The first kappa shape index (κ1) is 19.0. The van der Waals surface area contributed by atoms with Crippen LogP contribution in [0.4, 0.5) is 4.39 Å². The Morgan fingerprint density at radius 3 is 2.67 bits per heavy atom. The number of hydrogen-bond acceptors (Lipinski definition) is 3. The summed E-state index contributed by atoms with van der Waals surface area (Å²) in [5.41, 5.74) is 1.78. The average Bonchev–Trinajstić information content (AvgIpc) is 2.82. The van der Waals surface area contributed by atoms with Crippen LogP contribution in [-0.4, -0.2) is 53.3 Å². The third-order valence-corrected chi connectivity index (χ3v) is 4.95. The molecule has 2 heterocycles. The minimum absolute atomic E-state index is 0.0217. The molecule has 2 aromatic rings. The maximum atomic E-state index is 13.0. The van der Waals surface area contributed by atoms with Gasteiger partial charge in [-0.3, -0.25) is 14.6 Å². The zero-order valence-electron chi connectivity index (χ0n) is 15.5. The van der Waals surface area contributed by atoms with Crippen molar-refractivity contribution in [1.29, 1.82) is 0 Å². The molecule has 0 aliphatic carbocycles. The molecule has 1 aliphatic heterocycles. The van der Waals surface area contributed by atoms with Crippen LogP contribution in [0.1, 0.15) is 17.7 Å². The van der Waals surface area contributed by atoms with Crippen molar-refractivity contribution in [2.75, 3.05) is 26.7 Å². The second kappa shape index (κ2) is 8.75. The quantitative estimate of drug-likeness (QED) is 0.813. The minimum Gasteiger partial charge on any atom is -0.344 e. The molecule has 1 aromatic carbocycles. The molecule has 0 saturated carbocycles. The van der Waals surface area contributed by atoms with E-state index >= 15 is 0 Å². The lowest BCUT2D eigenvalue weighted by atomic mass is 10.0. The van der Waals surface area contributed by atoms with E-state index in [1.165, 1.54) is 12.1 Å². The maximum absolute atomic E-state index is 13.0. The van der Waals surface area contributed by atoms with Gasteiger partial charge in [-0.15, -0.1) is 0 Å². The number of benzene rings is 1.